The second-order valence-corrected chi connectivity index (χ2v) is 3.92. The fraction of sp³-hybridized carbons (Fsp3) is 0.0769. The summed E-state index contributed by atoms with van der Waals surface area (Å²) < 4.78 is 19.1. The predicted octanol–water partition coefficient (Wildman–Crippen LogP) is 2.36. The van der Waals surface area contributed by atoms with E-state index in [0.29, 0.717) is 11.3 Å². The van der Waals surface area contributed by atoms with Crippen molar-refractivity contribution in [3.8, 4) is 11.6 Å². The van der Waals surface area contributed by atoms with Gasteiger partial charge in [0.15, 0.2) is 11.6 Å². The maximum atomic E-state index is 13.8. The van der Waals surface area contributed by atoms with Crippen molar-refractivity contribution in [3.63, 3.8) is 0 Å². The third-order valence-corrected chi connectivity index (χ3v) is 2.45. The van der Waals surface area contributed by atoms with Gasteiger partial charge in [0.1, 0.15) is 0 Å². The highest BCUT2D eigenvalue weighted by Gasteiger charge is 2.09. The van der Waals surface area contributed by atoms with Crippen LogP contribution >= 0.6 is 0 Å². The molecule has 0 aliphatic heterocycles. The summed E-state index contributed by atoms with van der Waals surface area (Å²) in [6.45, 7) is 0.0122. The lowest BCUT2D eigenvalue weighted by Crippen LogP contribution is -2.19. The fourth-order valence-corrected chi connectivity index (χ4v) is 1.51. The van der Waals surface area contributed by atoms with Crippen LogP contribution in [-0.4, -0.2) is 16.2 Å². The van der Waals surface area contributed by atoms with E-state index in [1.807, 2.05) is 0 Å². The van der Waals surface area contributed by atoms with Gasteiger partial charge in [-0.15, -0.1) is 0 Å². The highest BCUT2D eigenvalue weighted by Crippen LogP contribution is 2.27. The van der Waals surface area contributed by atoms with Crippen molar-refractivity contribution < 1.29 is 19.0 Å². The van der Waals surface area contributed by atoms with Gasteiger partial charge in [-0.05, 0) is 29.8 Å². The van der Waals surface area contributed by atoms with Gasteiger partial charge in [0.2, 0.25) is 5.88 Å². The highest BCUT2D eigenvalue weighted by molar-refractivity contribution is 5.64. The summed E-state index contributed by atoms with van der Waals surface area (Å²) in [5.41, 5.74) is 6.42. The topological polar surface area (TPSA) is 97.5 Å². The Morgan fingerprint density at radius 2 is 2.25 bits per heavy atom. The first kappa shape index (κ1) is 13.6. The summed E-state index contributed by atoms with van der Waals surface area (Å²) in [5, 5.41) is 10.6. The van der Waals surface area contributed by atoms with Crippen molar-refractivity contribution in [3.05, 3.63) is 47.9 Å². The first-order valence-corrected chi connectivity index (χ1v) is 5.70. The summed E-state index contributed by atoms with van der Waals surface area (Å²) in [7, 11) is 0. The van der Waals surface area contributed by atoms with Crippen LogP contribution in [0.1, 0.15) is 5.56 Å². The number of hydrogen-bond donors (Lipinski definition) is 3. The maximum absolute atomic E-state index is 13.8. The minimum atomic E-state index is -1.17. The zero-order valence-electron chi connectivity index (χ0n) is 10.3. The number of ether oxygens (including phenoxy) is 1. The summed E-state index contributed by atoms with van der Waals surface area (Å²) >= 11 is 0. The number of halogens is 1. The van der Waals surface area contributed by atoms with Crippen molar-refractivity contribution >= 4 is 11.8 Å². The van der Waals surface area contributed by atoms with Crippen molar-refractivity contribution in [1.82, 2.24) is 10.3 Å². The van der Waals surface area contributed by atoms with Crippen LogP contribution in [0.25, 0.3) is 0 Å². The van der Waals surface area contributed by atoms with E-state index in [1.54, 1.807) is 18.2 Å². The minimum absolute atomic E-state index is 0.0122. The molecule has 1 aromatic carbocycles. The molecule has 2 aromatic rings. The molecular weight excluding hydrogens is 265 g/mol. The molecule has 0 aliphatic carbocycles. The van der Waals surface area contributed by atoms with Crippen LogP contribution in [0, 0.1) is 5.82 Å². The van der Waals surface area contributed by atoms with Crippen LogP contribution in [-0.2, 0) is 6.54 Å². The number of nitrogens with one attached hydrogen (secondary N) is 1. The van der Waals surface area contributed by atoms with E-state index in [9.17, 15) is 9.18 Å². The smallest absolute Gasteiger partial charge is 0.404 e. The van der Waals surface area contributed by atoms with E-state index < -0.39 is 11.9 Å². The molecular formula is C13H12FN3O3. The van der Waals surface area contributed by atoms with Gasteiger partial charge < -0.3 is 20.9 Å². The summed E-state index contributed by atoms with van der Waals surface area (Å²) in [6, 6.07) is 7.35. The third-order valence-electron chi connectivity index (χ3n) is 2.45. The Labute approximate surface area is 114 Å². The lowest BCUT2D eigenvalue weighted by molar-refractivity contribution is 0.194. The number of carboxylic acid groups (broad SMARTS) is 1. The molecule has 2 rings (SSSR count). The Morgan fingerprint density at radius 3 is 2.90 bits per heavy atom. The molecule has 6 nitrogen and oxygen atoms in total. The number of rotatable bonds is 4. The molecule has 0 bridgehead atoms. The molecule has 0 atom stereocenters. The Balaban J connectivity index is 2.14. The van der Waals surface area contributed by atoms with Crippen LogP contribution in [0.3, 0.4) is 0 Å². The summed E-state index contributed by atoms with van der Waals surface area (Å²) in [6.07, 6.45) is 0.307. The number of nitrogen functional groups attached to an aromatic ring is 1. The lowest BCUT2D eigenvalue weighted by atomic mass is 10.2. The maximum Gasteiger partial charge on any atom is 0.404 e. The van der Waals surface area contributed by atoms with E-state index in [2.05, 4.69) is 10.3 Å². The normalized spacial score (nSPS) is 10.1. The number of nitrogens with zero attached hydrogens (tertiary/aromatic N) is 1. The van der Waals surface area contributed by atoms with Crippen molar-refractivity contribution in [2.24, 2.45) is 0 Å². The first-order valence-electron chi connectivity index (χ1n) is 5.70. The predicted molar refractivity (Wildman–Crippen MR) is 70.0 cm³/mol. The van der Waals surface area contributed by atoms with Gasteiger partial charge in [0, 0.05) is 12.7 Å². The van der Waals surface area contributed by atoms with Gasteiger partial charge in [-0.3, -0.25) is 0 Å². The van der Waals surface area contributed by atoms with Gasteiger partial charge in [-0.1, -0.05) is 6.07 Å². The average molecular weight is 277 g/mol. The standard InChI is InChI=1S/C13H12FN3O3/c14-9-6-8(7-17-13(18)19)3-4-11(9)20-12-10(15)2-1-5-16-12/h1-6,17H,7,15H2,(H,18,19). The Kier molecular flexibility index (Phi) is 3.99. The molecule has 7 heteroatoms. The van der Waals surface area contributed by atoms with Crippen LogP contribution in [0.2, 0.25) is 0 Å². The Bertz CT molecular complexity index is 634. The highest BCUT2D eigenvalue weighted by atomic mass is 19.1. The summed E-state index contributed by atoms with van der Waals surface area (Å²) in [5.74, 6) is -0.544. The number of amides is 1. The molecule has 0 unspecified atom stereocenters. The Hall–Kier alpha value is -2.83. The monoisotopic (exact) mass is 277 g/mol. The van der Waals surface area contributed by atoms with E-state index in [4.69, 9.17) is 15.6 Å². The average Bonchev–Trinajstić information content (AvgIpc) is 2.41. The number of nitrogens with two attached hydrogens (primary N) is 1. The van der Waals surface area contributed by atoms with Gasteiger partial charge in [0.25, 0.3) is 0 Å². The molecule has 1 aromatic heterocycles. The van der Waals surface area contributed by atoms with Gasteiger partial charge in [-0.2, -0.15) is 0 Å². The second kappa shape index (κ2) is 5.87. The SMILES string of the molecule is Nc1cccnc1Oc1ccc(CNC(=O)O)cc1F. The van der Waals surface area contributed by atoms with Crippen molar-refractivity contribution in [1.29, 1.82) is 0 Å². The molecule has 0 spiro atoms. The van der Waals surface area contributed by atoms with Crippen molar-refractivity contribution in [2.75, 3.05) is 5.73 Å². The second-order valence-electron chi connectivity index (χ2n) is 3.92. The van der Waals surface area contributed by atoms with E-state index >= 15 is 0 Å². The van der Waals surface area contributed by atoms with Gasteiger partial charge in [-0.25, -0.2) is 14.2 Å². The lowest BCUT2D eigenvalue weighted by Gasteiger charge is -2.09. The van der Waals surface area contributed by atoms with Crippen LogP contribution in [0.15, 0.2) is 36.5 Å². The zero-order chi connectivity index (χ0) is 14.5. The number of aromatic nitrogens is 1. The molecule has 0 fully saturated rings. The molecule has 4 N–H and O–H groups in total. The van der Waals surface area contributed by atoms with E-state index in [1.165, 1.54) is 18.3 Å². The number of benzene rings is 1. The minimum Gasteiger partial charge on any atom is -0.465 e. The van der Waals surface area contributed by atoms with Gasteiger partial charge in [0.05, 0.1) is 5.69 Å². The molecule has 1 heterocycles. The van der Waals surface area contributed by atoms with E-state index in [-0.39, 0.29) is 18.2 Å². The molecule has 104 valence electrons. The third kappa shape index (κ3) is 3.35. The zero-order valence-corrected chi connectivity index (χ0v) is 10.3. The molecule has 0 saturated heterocycles. The van der Waals surface area contributed by atoms with Crippen LogP contribution in [0.4, 0.5) is 14.9 Å². The molecule has 20 heavy (non-hydrogen) atoms. The molecule has 0 saturated carbocycles. The molecule has 1 amide bonds. The van der Waals surface area contributed by atoms with E-state index in [0.717, 1.165) is 0 Å². The molecule has 0 radical (unpaired) electrons. The number of pyridine rings is 1. The molecule has 0 aliphatic rings. The van der Waals surface area contributed by atoms with Crippen LogP contribution in [0.5, 0.6) is 11.6 Å². The number of anilines is 1. The van der Waals surface area contributed by atoms with Gasteiger partial charge >= 0.3 is 6.09 Å². The van der Waals surface area contributed by atoms with Crippen LogP contribution < -0.4 is 15.8 Å². The Morgan fingerprint density at radius 1 is 1.45 bits per heavy atom. The number of hydrogen-bond acceptors (Lipinski definition) is 4. The fourth-order valence-electron chi connectivity index (χ4n) is 1.51. The quantitative estimate of drug-likeness (QED) is 0.797. The van der Waals surface area contributed by atoms with Crippen molar-refractivity contribution in [2.45, 2.75) is 6.54 Å². The summed E-state index contributed by atoms with van der Waals surface area (Å²) in [4.78, 5) is 14.2. The largest absolute Gasteiger partial charge is 0.465 e. The number of carbonyl (C=O) groups is 1. The first-order chi connectivity index (χ1) is 9.56.